The van der Waals surface area contributed by atoms with Gasteiger partial charge in [-0.2, -0.15) is 17.9 Å². The number of halogens is 3. The van der Waals surface area contributed by atoms with Gasteiger partial charge in [-0.3, -0.25) is 14.6 Å². The third-order valence-electron chi connectivity index (χ3n) is 7.13. The first-order chi connectivity index (χ1) is 18.4. The normalized spacial score (nSPS) is 15.8. The lowest BCUT2D eigenvalue weighted by molar-refractivity contribution is -0.199. The van der Waals surface area contributed by atoms with Crippen molar-refractivity contribution in [1.82, 2.24) is 24.5 Å². The maximum atomic E-state index is 13.0. The van der Waals surface area contributed by atoms with Crippen LogP contribution in [0.1, 0.15) is 51.9 Å². The molecule has 3 heterocycles. The summed E-state index contributed by atoms with van der Waals surface area (Å²) in [7, 11) is 2.93. The summed E-state index contributed by atoms with van der Waals surface area (Å²) < 4.78 is 39.6. The molecule has 3 aromatic rings. The van der Waals surface area contributed by atoms with Gasteiger partial charge in [0.05, 0.1) is 5.69 Å². The quantitative estimate of drug-likeness (QED) is 0.470. The minimum Gasteiger partial charge on any atom is -0.343 e. The van der Waals surface area contributed by atoms with Crippen LogP contribution in [0, 0.1) is 12.8 Å². The number of carbonyl (C=O) groups excluding carboxylic acids is 3. The van der Waals surface area contributed by atoms with Crippen LogP contribution < -0.4 is 4.84 Å². The molecule has 1 atom stereocenters. The number of hydrogen-bond acceptors (Lipinski definition) is 6. The summed E-state index contributed by atoms with van der Waals surface area (Å²) in [6, 6.07) is 8.93. The topological polar surface area (TPSA) is 97.6 Å². The molecule has 1 fully saturated rings. The zero-order valence-corrected chi connectivity index (χ0v) is 21.7. The molecule has 1 aliphatic heterocycles. The van der Waals surface area contributed by atoms with Crippen LogP contribution in [0.2, 0.25) is 0 Å². The molecule has 2 amide bonds. The first kappa shape index (κ1) is 26.4. The summed E-state index contributed by atoms with van der Waals surface area (Å²) in [6.07, 6.45) is -1.57. The third kappa shape index (κ3) is 4.86. The maximum Gasteiger partial charge on any atom is 0.493 e. The lowest BCUT2D eigenvalue weighted by Crippen LogP contribution is -2.34. The van der Waals surface area contributed by atoms with Crippen LogP contribution in [0.15, 0.2) is 36.5 Å². The number of nitrogens with zero attached hydrogens (tertiary/aromatic N) is 5. The van der Waals surface area contributed by atoms with Crippen LogP contribution in [0.25, 0.3) is 22.6 Å². The monoisotopic (exact) mass is 541 g/mol. The molecule has 5 rings (SSSR count). The van der Waals surface area contributed by atoms with Crippen molar-refractivity contribution >= 4 is 17.8 Å². The van der Waals surface area contributed by atoms with E-state index in [4.69, 9.17) is 0 Å². The highest BCUT2D eigenvalue weighted by Crippen LogP contribution is 2.39. The zero-order chi connectivity index (χ0) is 28.2. The Morgan fingerprint density at radius 2 is 1.82 bits per heavy atom. The average molecular weight is 542 g/mol. The number of imidazole rings is 1. The second-order valence-electron chi connectivity index (χ2n) is 10.1. The van der Waals surface area contributed by atoms with E-state index in [0.29, 0.717) is 28.3 Å². The molecule has 0 bridgehead atoms. The van der Waals surface area contributed by atoms with Gasteiger partial charge in [0.25, 0.3) is 11.8 Å². The third-order valence-corrected chi connectivity index (χ3v) is 7.13. The van der Waals surface area contributed by atoms with Crippen molar-refractivity contribution in [3.63, 3.8) is 0 Å². The Balaban J connectivity index is 1.52. The number of fused-ring (bicyclic) bond motifs is 1. The van der Waals surface area contributed by atoms with Gasteiger partial charge in [-0.05, 0) is 73.6 Å². The SMILES string of the molecule is Cc1c(C(=O)N(C)C)nc(-c2cc(-c3ccc4c(c3)CN([C@@H](C)C3CC3)C4=O)ccn2)n1OC(=O)C(F)(F)F. The molecule has 0 saturated heterocycles. The number of aromatic nitrogens is 3. The number of rotatable bonds is 6. The average Bonchev–Trinajstić information content (AvgIpc) is 3.63. The molecule has 2 aromatic heterocycles. The maximum absolute atomic E-state index is 13.0. The standard InChI is InChI=1S/C27H26F3N5O4/c1-14(16-5-6-16)34-13-19-11-17(7-8-20(19)24(34)36)18-9-10-31-21(12-18)23-32-22(25(37)33(3)4)15(2)35(23)39-26(38)27(28,29)30/h7-12,14,16H,5-6,13H2,1-4H3/t14-/m0/s1. The van der Waals surface area contributed by atoms with Crippen molar-refractivity contribution < 1.29 is 32.4 Å². The number of pyridine rings is 1. The van der Waals surface area contributed by atoms with Gasteiger partial charge >= 0.3 is 12.1 Å². The largest absolute Gasteiger partial charge is 0.493 e. The Kier molecular flexibility index (Phi) is 6.44. The van der Waals surface area contributed by atoms with E-state index < -0.39 is 18.1 Å². The van der Waals surface area contributed by atoms with Crippen LogP contribution in [0.3, 0.4) is 0 Å². The number of carbonyl (C=O) groups is 3. The highest BCUT2D eigenvalue weighted by Gasteiger charge is 2.43. The first-order valence-electron chi connectivity index (χ1n) is 12.4. The van der Waals surface area contributed by atoms with E-state index in [1.807, 2.05) is 11.0 Å². The number of benzene rings is 1. The first-order valence-corrected chi connectivity index (χ1v) is 12.4. The molecule has 204 valence electrons. The molecule has 2 aliphatic rings. The minimum absolute atomic E-state index is 0.00781. The second-order valence-corrected chi connectivity index (χ2v) is 10.1. The van der Waals surface area contributed by atoms with E-state index in [-0.39, 0.29) is 34.9 Å². The van der Waals surface area contributed by atoms with Gasteiger partial charge in [-0.15, -0.1) is 0 Å². The lowest BCUT2D eigenvalue weighted by Gasteiger charge is -2.23. The molecule has 39 heavy (non-hydrogen) atoms. The fourth-order valence-electron chi connectivity index (χ4n) is 4.73. The predicted molar refractivity (Wildman–Crippen MR) is 133 cm³/mol. The summed E-state index contributed by atoms with van der Waals surface area (Å²) in [5.41, 5.74) is 2.77. The van der Waals surface area contributed by atoms with E-state index in [9.17, 15) is 27.6 Å². The van der Waals surface area contributed by atoms with Crippen molar-refractivity contribution in [2.24, 2.45) is 5.92 Å². The Morgan fingerprint density at radius 1 is 1.13 bits per heavy atom. The van der Waals surface area contributed by atoms with Crippen molar-refractivity contribution in [3.05, 3.63) is 59.0 Å². The molecule has 1 saturated carbocycles. The van der Waals surface area contributed by atoms with Gasteiger partial charge in [0.1, 0.15) is 5.69 Å². The van der Waals surface area contributed by atoms with Gasteiger partial charge in [-0.25, -0.2) is 9.78 Å². The van der Waals surface area contributed by atoms with E-state index in [2.05, 4.69) is 21.7 Å². The smallest absolute Gasteiger partial charge is 0.343 e. The second kappa shape index (κ2) is 9.51. The van der Waals surface area contributed by atoms with Gasteiger partial charge in [0.15, 0.2) is 11.5 Å². The molecule has 0 N–H and O–H groups in total. The molecule has 9 nitrogen and oxygen atoms in total. The summed E-state index contributed by atoms with van der Waals surface area (Å²) >= 11 is 0. The molecule has 0 radical (unpaired) electrons. The fraction of sp³-hybridized carbons (Fsp3) is 0.370. The Labute approximate surface area is 222 Å². The van der Waals surface area contributed by atoms with Crippen LogP contribution >= 0.6 is 0 Å². The molecule has 0 spiro atoms. The van der Waals surface area contributed by atoms with Crippen molar-refractivity contribution in [3.8, 4) is 22.6 Å². The van der Waals surface area contributed by atoms with Crippen LogP contribution in [-0.4, -0.2) is 68.6 Å². The van der Waals surface area contributed by atoms with Crippen LogP contribution in [-0.2, 0) is 11.3 Å². The molecule has 1 aliphatic carbocycles. The minimum atomic E-state index is -5.26. The fourth-order valence-corrected chi connectivity index (χ4v) is 4.73. The van der Waals surface area contributed by atoms with Gasteiger partial charge < -0.3 is 14.6 Å². The van der Waals surface area contributed by atoms with Gasteiger partial charge in [0, 0.05) is 38.4 Å². The highest BCUT2D eigenvalue weighted by molar-refractivity contribution is 5.99. The van der Waals surface area contributed by atoms with E-state index >= 15 is 0 Å². The van der Waals surface area contributed by atoms with Crippen LogP contribution in [0.4, 0.5) is 13.2 Å². The summed E-state index contributed by atoms with van der Waals surface area (Å²) in [5, 5.41) is 0. The summed E-state index contributed by atoms with van der Waals surface area (Å²) in [5.74, 6) is -2.74. The molecule has 0 unspecified atom stereocenters. The number of hydrogen-bond donors (Lipinski definition) is 0. The highest BCUT2D eigenvalue weighted by atomic mass is 19.4. The van der Waals surface area contributed by atoms with Crippen molar-refractivity contribution in [2.75, 3.05) is 14.1 Å². The van der Waals surface area contributed by atoms with Gasteiger partial charge in [0.2, 0.25) is 0 Å². The van der Waals surface area contributed by atoms with E-state index in [1.165, 1.54) is 32.1 Å². The number of alkyl halides is 3. The Bertz CT molecular complexity index is 1490. The number of amides is 2. The van der Waals surface area contributed by atoms with E-state index in [0.717, 1.165) is 24.0 Å². The molecule has 1 aromatic carbocycles. The lowest BCUT2D eigenvalue weighted by atomic mass is 10.0. The molecule has 12 heteroatoms. The van der Waals surface area contributed by atoms with Crippen molar-refractivity contribution in [2.45, 2.75) is 45.5 Å². The Morgan fingerprint density at radius 3 is 2.46 bits per heavy atom. The molecular weight excluding hydrogens is 515 g/mol. The van der Waals surface area contributed by atoms with E-state index in [1.54, 1.807) is 24.3 Å². The van der Waals surface area contributed by atoms with Gasteiger partial charge in [-0.1, -0.05) is 6.07 Å². The zero-order valence-electron chi connectivity index (χ0n) is 21.7. The summed E-state index contributed by atoms with van der Waals surface area (Å²) in [6.45, 7) is 3.90. The summed E-state index contributed by atoms with van der Waals surface area (Å²) in [4.78, 5) is 53.4. The molecular formula is C27H26F3N5O4. The van der Waals surface area contributed by atoms with Crippen LogP contribution in [0.5, 0.6) is 0 Å². The Hall–Kier alpha value is -4.22. The predicted octanol–water partition coefficient (Wildman–Crippen LogP) is 3.89. The van der Waals surface area contributed by atoms with Crippen molar-refractivity contribution in [1.29, 1.82) is 0 Å².